The third-order valence-corrected chi connectivity index (χ3v) is 5.89. The molecule has 0 spiro atoms. The summed E-state index contributed by atoms with van der Waals surface area (Å²) in [5.74, 6) is 1.07. The Bertz CT molecular complexity index is 990. The van der Waals surface area contributed by atoms with Crippen molar-refractivity contribution in [1.82, 2.24) is 10.0 Å². The summed E-state index contributed by atoms with van der Waals surface area (Å²) in [5, 5.41) is 2.47. The molecule has 0 fully saturated rings. The van der Waals surface area contributed by atoms with Gasteiger partial charge in [0.25, 0.3) is 5.91 Å². The average Bonchev–Trinajstić information content (AvgIpc) is 2.71. The molecule has 9 heteroatoms. The summed E-state index contributed by atoms with van der Waals surface area (Å²) in [6.07, 6.45) is 0. The Morgan fingerprint density at radius 3 is 2.50 bits per heavy atom. The summed E-state index contributed by atoms with van der Waals surface area (Å²) in [5.41, 5.74) is 0.868. The van der Waals surface area contributed by atoms with Crippen molar-refractivity contribution in [3.63, 3.8) is 0 Å². The van der Waals surface area contributed by atoms with Gasteiger partial charge in [0.15, 0.2) is 11.5 Å². The van der Waals surface area contributed by atoms with Gasteiger partial charge < -0.3 is 19.5 Å². The van der Waals surface area contributed by atoms with E-state index in [1.807, 2.05) is 0 Å². The van der Waals surface area contributed by atoms with Crippen LogP contribution in [0.2, 0.25) is 0 Å². The lowest BCUT2D eigenvalue weighted by Crippen LogP contribution is -2.28. The molecule has 0 unspecified atom stereocenters. The minimum Gasteiger partial charge on any atom is -0.496 e. The van der Waals surface area contributed by atoms with E-state index in [4.69, 9.17) is 14.2 Å². The summed E-state index contributed by atoms with van der Waals surface area (Å²) in [7, 11) is -0.998. The molecule has 1 heterocycles. The van der Waals surface area contributed by atoms with Crippen molar-refractivity contribution in [2.45, 2.75) is 17.9 Å². The van der Waals surface area contributed by atoms with Gasteiger partial charge in [-0.05, 0) is 42.8 Å². The van der Waals surface area contributed by atoms with Gasteiger partial charge in [-0.15, -0.1) is 0 Å². The van der Waals surface area contributed by atoms with E-state index in [-0.39, 0.29) is 16.2 Å². The van der Waals surface area contributed by atoms with Gasteiger partial charge in [-0.25, -0.2) is 13.1 Å². The van der Waals surface area contributed by atoms with Gasteiger partial charge >= 0.3 is 0 Å². The number of rotatable bonds is 6. The molecular formula is C19H22N2O6S. The van der Waals surface area contributed by atoms with Crippen molar-refractivity contribution in [3.05, 3.63) is 47.5 Å². The van der Waals surface area contributed by atoms with Crippen LogP contribution in [0.5, 0.6) is 17.2 Å². The first-order valence-corrected chi connectivity index (χ1v) is 10.2. The Balaban J connectivity index is 1.86. The maximum Gasteiger partial charge on any atom is 0.254 e. The van der Waals surface area contributed by atoms with Crippen molar-refractivity contribution >= 4 is 15.9 Å². The van der Waals surface area contributed by atoms with Crippen molar-refractivity contribution in [2.75, 3.05) is 27.4 Å². The lowest BCUT2D eigenvalue weighted by Gasteiger charge is -2.21. The van der Waals surface area contributed by atoms with Gasteiger partial charge in [-0.3, -0.25) is 4.79 Å². The zero-order valence-corrected chi connectivity index (χ0v) is 16.6. The summed E-state index contributed by atoms with van der Waals surface area (Å²) in [4.78, 5) is 12.0. The molecule has 2 aromatic carbocycles. The number of hydrogen-bond donors (Lipinski definition) is 2. The van der Waals surface area contributed by atoms with Crippen LogP contribution in [0.25, 0.3) is 0 Å². The monoisotopic (exact) mass is 406 g/mol. The van der Waals surface area contributed by atoms with Crippen LogP contribution < -0.4 is 24.2 Å². The highest BCUT2D eigenvalue weighted by Gasteiger charge is 2.23. The zero-order chi connectivity index (χ0) is 20.3. The Morgan fingerprint density at radius 1 is 1.11 bits per heavy atom. The van der Waals surface area contributed by atoms with Gasteiger partial charge in [-0.1, -0.05) is 6.07 Å². The normalized spacial score (nSPS) is 14.2. The molecule has 150 valence electrons. The lowest BCUT2D eigenvalue weighted by atomic mass is 10.1. The van der Waals surface area contributed by atoms with Crippen molar-refractivity contribution in [1.29, 1.82) is 0 Å². The number of benzene rings is 2. The lowest BCUT2D eigenvalue weighted by molar-refractivity contribution is 0.0960. The number of hydrogen-bond acceptors (Lipinski definition) is 6. The Kier molecular flexibility index (Phi) is 5.76. The maximum atomic E-state index is 12.8. The number of amides is 1. The van der Waals surface area contributed by atoms with Crippen LogP contribution in [0, 0.1) is 0 Å². The molecule has 0 bridgehead atoms. The molecule has 0 aromatic heterocycles. The second-order valence-corrected chi connectivity index (χ2v) is 7.90. The van der Waals surface area contributed by atoms with Crippen LogP contribution in [-0.4, -0.2) is 41.7 Å². The van der Waals surface area contributed by atoms with E-state index in [2.05, 4.69) is 10.0 Å². The minimum atomic E-state index is -3.88. The molecular weight excluding hydrogens is 384 g/mol. The van der Waals surface area contributed by atoms with Gasteiger partial charge in [0.2, 0.25) is 10.0 Å². The van der Waals surface area contributed by atoms with Gasteiger partial charge in [0.1, 0.15) is 19.0 Å². The molecule has 0 saturated carbocycles. The molecule has 1 aliphatic rings. The highest BCUT2D eigenvalue weighted by Crippen LogP contribution is 2.33. The predicted molar refractivity (Wildman–Crippen MR) is 103 cm³/mol. The molecule has 0 aliphatic carbocycles. The van der Waals surface area contributed by atoms with Crippen LogP contribution in [0.15, 0.2) is 41.3 Å². The van der Waals surface area contributed by atoms with E-state index in [1.165, 1.54) is 32.4 Å². The van der Waals surface area contributed by atoms with Crippen LogP contribution in [0.4, 0.5) is 0 Å². The summed E-state index contributed by atoms with van der Waals surface area (Å²) in [6.45, 7) is 2.66. The molecule has 1 atom stereocenters. The molecule has 2 aromatic rings. The number of carbonyl (C=O) groups is 1. The second-order valence-electron chi connectivity index (χ2n) is 6.19. The smallest absolute Gasteiger partial charge is 0.254 e. The van der Waals surface area contributed by atoms with Crippen LogP contribution >= 0.6 is 0 Å². The molecule has 1 aliphatic heterocycles. The molecule has 8 nitrogen and oxygen atoms in total. The molecule has 28 heavy (non-hydrogen) atoms. The minimum absolute atomic E-state index is 0.0312. The van der Waals surface area contributed by atoms with Crippen LogP contribution in [-0.2, 0) is 10.0 Å². The molecule has 0 saturated heterocycles. The fourth-order valence-electron chi connectivity index (χ4n) is 2.86. The van der Waals surface area contributed by atoms with E-state index >= 15 is 0 Å². The third kappa shape index (κ3) is 4.05. The van der Waals surface area contributed by atoms with E-state index in [1.54, 1.807) is 25.1 Å². The van der Waals surface area contributed by atoms with E-state index in [9.17, 15) is 13.2 Å². The van der Waals surface area contributed by atoms with Crippen molar-refractivity contribution in [2.24, 2.45) is 0 Å². The van der Waals surface area contributed by atoms with Crippen LogP contribution in [0.3, 0.4) is 0 Å². The molecule has 2 N–H and O–H groups in total. The second kappa shape index (κ2) is 8.07. The number of methoxy groups -OCH3 is 1. The van der Waals surface area contributed by atoms with Crippen molar-refractivity contribution in [3.8, 4) is 17.2 Å². The first-order chi connectivity index (χ1) is 13.4. The molecule has 0 radical (unpaired) electrons. The van der Waals surface area contributed by atoms with E-state index < -0.39 is 22.0 Å². The number of sulfonamides is 1. The summed E-state index contributed by atoms with van der Waals surface area (Å²) in [6, 6.07) is 8.91. The predicted octanol–water partition coefficient (Wildman–Crippen LogP) is 1.87. The number of ether oxygens (including phenoxy) is 3. The first kappa shape index (κ1) is 20.0. The van der Waals surface area contributed by atoms with Crippen molar-refractivity contribution < 1.29 is 27.4 Å². The SMILES string of the molecule is CNC(=O)c1cc(S(=O)(=O)N[C@@H](C)c2ccc3c(c2)OCCO3)ccc1OC. The largest absolute Gasteiger partial charge is 0.496 e. The average molecular weight is 406 g/mol. The molecule has 3 rings (SSSR count). The fourth-order valence-corrected chi connectivity index (χ4v) is 4.12. The van der Waals surface area contributed by atoms with Gasteiger partial charge in [-0.2, -0.15) is 0 Å². The Labute approximate surface area is 163 Å². The van der Waals surface area contributed by atoms with Crippen LogP contribution in [0.1, 0.15) is 28.9 Å². The fraction of sp³-hybridized carbons (Fsp3) is 0.316. The Hall–Kier alpha value is -2.78. The number of carbonyl (C=O) groups excluding carboxylic acids is 1. The first-order valence-electron chi connectivity index (χ1n) is 8.67. The highest BCUT2D eigenvalue weighted by molar-refractivity contribution is 7.89. The summed E-state index contributed by atoms with van der Waals surface area (Å²) < 4.78 is 44.4. The number of nitrogens with one attached hydrogen (secondary N) is 2. The van der Waals surface area contributed by atoms with E-state index in [0.717, 1.165) is 5.56 Å². The van der Waals surface area contributed by atoms with E-state index in [0.29, 0.717) is 24.7 Å². The van der Waals surface area contributed by atoms with Gasteiger partial charge in [0.05, 0.1) is 17.6 Å². The summed E-state index contributed by atoms with van der Waals surface area (Å²) >= 11 is 0. The zero-order valence-electron chi connectivity index (χ0n) is 15.8. The maximum absolute atomic E-state index is 12.8. The Morgan fingerprint density at radius 2 is 1.82 bits per heavy atom. The van der Waals surface area contributed by atoms with Gasteiger partial charge in [0, 0.05) is 13.1 Å². The number of fused-ring (bicyclic) bond motifs is 1. The quantitative estimate of drug-likeness (QED) is 0.759. The topological polar surface area (TPSA) is 103 Å². The standard InChI is InChI=1S/C19H22N2O6S/c1-12(13-4-6-17-18(10-13)27-9-8-26-17)21-28(23,24)14-5-7-16(25-3)15(11-14)19(22)20-2/h4-7,10-12,21H,8-9H2,1-3H3,(H,20,22)/t12-/m0/s1. The highest BCUT2D eigenvalue weighted by atomic mass is 32.2. The molecule has 1 amide bonds. The third-order valence-electron chi connectivity index (χ3n) is 4.35.